The van der Waals surface area contributed by atoms with Crippen LogP contribution in [0.3, 0.4) is 0 Å². The minimum Gasteiger partial charge on any atom is -0.493 e. The first-order valence-corrected chi connectivity index (χ1v) is 10.6. The van der Waals surface area contributed by atoms with Gasteiger partial charge in [0.05, 0.1) is 32.9 Å². The molecule has 7 nitrogen and oxygen atoms in total. The first kappa shape index (κ1) is 22.5. The number of benzene rings is 3. The highest BCUT2D eigenvalue weighted by atomic mass is 35.5. The van der Waals surface area contributed by atoms with E-state index in [-0.39, 0.29) is 11.5 Å². The van der Waals surface area contributed by atoms with Crippen molar-refractivity contribution in [2.24, 2.45) is 0 Å². The molecule has 0 bridgehead atoms. The van der Waals surface area contributed by atoms with Crippen LogP contribution in [0.1, 0.15) is 17.0 Å². The van der Waals surface area contributed by atoms with Crippen LogP contribution in [0.25, 0.3) is 22.2 Å². The van der Waals surface area contributed by atoms with Gasteiger partial charge in [0, 0.05) is 20.8 Å². The maximum atomic E-state index is 11.8. The average molecular weight is 467 g/mol. The lowest BCUT2D eigenvalue weighted by atomic mass is 9.87. The summed E-state index contributed by atoms with van der Waals surface area (Å²) in [6, 6.07) is 18.7. The minimum atomic E-state index is -0.587. The molecule has 1 atom stereocenters. The lowest BCUT2D eigenvalue weighted by molar-refractivity contribution is -0.481. The number of nitro groups is 1. The molecular formula is C25H23ClN2O5. The highest BCUT2D eigenvalue weighted by molar-refractivity contribution is 6.30. The molecule has 1 unspecified atom stereocenters. The summed E-state index contributed by atoms with van der Waals surface area (Å²) >= 11 is 6.10. The Bertz CT molecular complexity index is 1280. The number of methoxy groups -OCH3 is 3. The topological polar surface area (TPSA) is 86.6 Å². The van der Waals surface area contributed by atoms with E-state index in [1.807, 2.05) is 36.4 Å². The van der Waals surface area contributed by atoms with E-state index in [0.717, 1.165) is 27.7 Å². The predicted octanol–water partition coefficient (Wildman–Crippen LogP) is 5.92. The van der Waals surface area contributed by atoms with Crippen molar-refractivity contribution in [3.8, 4) is 28.5 Å². The summed E-state index contributed by atoms with van der Waals surface area (Å²) in [6.07, 6.45) is 0. The Morgan fingerprint density at radius 1 is 0.970 bits per heavy atom. The molecule has 1 heterocycles. The first-order valence-electron chi connectivity index (χ1n) is 10.2. The highest BCUT2D eigenvalue weighted by Gasteiger charge is 2.29. The number of aromatic nitrogens is 1. The van der Waals surface area contributed by atoms with E-state index in [9.17, 15) is 10.1 Å². The molecule has 33 heavy (non-hydrogen) atoms. The maximum absolute atomic E-state index is 11.8. The molecule has 0 fully saturated rings. The molecule has 0 saturated heterocycles. The van der Waals surface area contributed by atoms with Gasteiger partial charge >= 0.3 is 0 Å². The number of hydrogen-bond acceptors (Lipinski definition) is 5. The van der Waals surface area contributed by atoms with Gasteiger partial charge in [-0.15, -0.1) is 0 Å². The fraction of sp³-hybridized carbons (Fsp3) is 0.200. The van der Waals surface area contributed by atoms with Crippen molar-refractivity contribution in [1.29, 1.82) is 0 Å². The lowest BCUT2D eigenvalue weighted by Gasteiger charge is -2.19. The predicted molar refractivity (Wildman–Crippen MR) is 129 cm³/mol. The summed E-state index contributed by atoms with van der Waals surface area (Å²) in [5, 5.41) is 13.3. The van der Waals surface area contributed by atoms with E-state index in [1.54, 1.807) is 24.3 Å². The van der Waals surface area contributed by atoms with E-state index < -0.39 is 5.92 Å². The summed E-state index contributed by atoms with van der Waals surface area (Å²) in [7, 11) is 4.57. The molecule has 1 N–H and O–H groups in total. The van der Waals surface area contributed by atoms with Gasteiger partial charge in [-0.1, -0.05) is 41.9 Å². The minimum absolute atomic E-state index is 0.304. The Morgan fingerprint density at radius 2 is 1.61 bits per heavy atom. The number of ether oxygens (including phenoxy) is 3. The summed E-state index contributed by atoms with van der Waals surface area (Å²) in [6.45, 7) is -0.318. The number of rotatable bonds is 8. The number of nitrogens with one attached hydrogen (secondary N) is 1. The molecular weight excluding hydrogens is 444 g/mol. The summed E-state index contributed by atoms with van der Waals surface area (Å²) in [5.41, 5.74) is 4.07. The third kappa shape index (κ3) is 4.32. The highest BCUT2D eigenvalue weighted by Crippen LogP contribution is 2.44. The molecule has 0 aliphatic carbocycles. The molecule has 1 aromatic heterocycles. The zero-order valence-corrected chi connectivity index (χ0v) is 19.2. The van der Waals surface area contributed by atoms with Crippen LogP contribution in [0.4, 0.5) is 0 Å². The monoisotopic (exact) mass is 466 g/mol. The second kappa shape index (κ2) is 9.42. The molecule has 170 valence electrons. The number of aromatic amines is 1. The van der Waals surface area contributed by atoms with E-state index >= 15 is 0 Å². The molecule has 0 amide bonds. The smallest absolute Gasteiger partial charge is 0.214 e. The van der Waals surface area contributed by atoms with Crippen molar-refractivity contribution >= 4 is 22.5 Å². The van der Waals surface area contributed by atoms with Crippen molar-refractivity contribution in [3.05, 3.63) is 86.9 Å². The number of hydrogen-bond donors (Lipinski definition) is 1. The van der Waals surface area contributed by atoms with Crippen LogP contribution < -0.4 is 14.2 Å². The van der Waals surface area contributed by atoms with Crippen LogP contribution in [-0.4, -0.2) is 37.8 Å². The van der Waals surface area contributed by atoms with Crippen molar-refractivity contribution in [2.75, 3.05) is 27.9 Å². The van der Waals surface area contributed by atoms with Crippen molar-refractivity contribution in [2.45, 2.75) is 5.92 Å². The van der Waals surface area contributed by atoms with Crippen LogP contribution in [0.2, 0.25) is 5.02 Å². The lowest BCUT2D eigenvalue weighted by Crippen LogP contribution is -2.15. The van der Waals surface area contributed by atoms with Crippen LogP contribution in [0, 0.1) is 10.1 Å². The molecule has 0 spiro atoms. The molecule has 8 heteroatoms. The van der Waals surface area contributed by atoms with Gasteiger partial charge in [0.1, 0.15) is 0 Å². The number of halogens is 1. The molecule has 0 aliphatic heterocycles. The third-order valence-electron chi connectivity index (χ3n) is 5.65. The van der Waals surface area contributed by atoms with Gasteiger partial charge in [-0.2, -0.15) is 0 Å². The Labute approximate surface area is 196 Å². The average Bonchev–Trinajstić information content (AvgIpc) is 3.21. The van der Waals surface area contributed by atoms with Gasteiger partial charge < -0.3 is 19.2 Å². The van der Waals surface area contributed by atoms with E-state index in [4.69, 9.17) is 25.8 Å². The second-order valence-corrected chi connectivity index (χ2v) is 7.93. The zero-order chi connectivity index (χ0) is 23.5. The van der Waals surface area contributed by atoms with Gasteiger partial charge in [-0.3, -0.25) is 10.1 Å². The van der Waals surface area contributed by atoms with Crippen LogP contribution in [0.5, 0.6) is 17.2 Å². The molecule has 4 rings (SSSR count). The van der Waals surface area contributed by atoms with Crippen LogP contribution in [-0.2, 0) is 0 Å². The Morgan fingerprint density at radius 3 is 2.18 bits per heavy atom. The fourth-order valence-electron chi connectivity index (χ4n) is 4.18. The number of nitrogens with zero attached hydrogens (tertiary/aromatic N) is 1. The molecule has 0 saturated carbocycles. The van der Waals surface area contributed by atoms with Gasteiger partial charge in [0.15, 0.2) is 11.5 Å². The Balaban J connectivity index is 2.01. The molecule has 0 aliphatic rings. The second-order valence-electron chi connectivity index (χ2n) is 7.49. The quantitative estimate of drug-likeness (QED) is 0.257. The van der Waals surface area contributed by atoms with Gasteiger partial charge in [0.25, 0.3) is 0 Å². The summed E-state index contributed by atoms with van der Waals surface area (Å²) in [4.78, 5) is 15.0. The normalized spacial score (nSPS) is 11.9. The third-order valence-corrected chi connectivity index (χ3v) is 5.90. The van der Waals surface area contributed by atoms with E-state index in [2.05, 4.69) is 4.98 Å². The van der Waals surface area contributed by atoms with Gasteiger partial charge in [-0.05, 0) is 47.0 Å². The molecule has 4 aromatic rings. The maximum Gasteiger partial charge on any atom is 0.214 e. The zero-order valence-electron chi connectivity index (χ0n) is 18.4. The standard InChI is InChI=1S/C25H23ClN2O5/c1-31-21-12-16(13-22(32-2)25(21)33-3)19(14-28(29)30)23-18-6-4-5-7-20(18)27-24(23)15-8-10-17(26)11-9-15/h4-13,19,27H,14H2,1-3H3. The van der Waals surface area contributed by atoms with Gasteiger partial charge in [0.2, 0.25) is 12.3 Å². The summed E-state index contributed by atoms with van der Waals surface area (Å²) in [5.74, 6) is 0.720. The van der Waals surface area contributed by atoms with Crippen molar-refractivity contribution in [1.82, 2.24) is 4.98 Å². The summed E-state index contributed by atoms with van der Waals surface area (Å²) < 4.78 is 16.5. The number of fused-ring (bicyclic) bond motifs is 1. The SMILES string of the molecule is COc1cc(C(C[N+](=O)[O-])c2c(-c3ccc(Cl)cc3)[nH]c3ccccc23)cc(OC)c1OC. The van der Waals surface area contributed by atoms with Gasteiger partial charge in [-0.25, -0.2) is 0 Å². The molecule has 3 aromatic carbocycles. The number of para-hydroxylation sites is 1. The van der Waals surface area contributed by atoms with E-state index in [1.165, 1.54) is 21.3 Å². The van der Waals surface area contributed by atoms with Crippen LogP contribution in [0.15, 0.2) is 60.7 Å². The Kier molecular flexibility index (Phi) is 6.42. The molecule has 0 radical (unpaired) electrons. The van der Waals surface area contributed by atoms with Crippen molar-refractivity contribution in [3.63, 3.8) is 0 Å². The Hall–Kier alpha value is -3.71. The largest absolute Gasteiger partial charge is 0.493 e. The van der Waals surface area contributed by atoms with Crippen molar-refractivity contribution < 1.29 is 19.1 Å². The van der Waals surface area contributed by atoms with Crippen LogP contribution >= 0.6 is 11.6 Å². The number of H-pyrrole nitrogens is 1. The van der Waals surface area contributed by atoms with E-state index in [0.29, 0.717) is 27.8 Å². The fourth-order valence-corrected chi connectivity index (χ4v) is 4.31. The first-order chi connectivity index (χ1) is 16.0.